The maximum absolute atomic E-state index is 5.95. The van der Waals surface area contributed by atoms with Crippen LogP contribution in [-0.2, 0) is 4.43 Å². The molecule has 0 fully saturated rings. The van der Waals surface area contributed by atoms with Gasteiger partial charge in [0.25, 0.3) is 0 Å². The number of allylic oxidation sites excluding steroid dienone is 3. The first-order valence-corrected chi connectivity index (χ1v) is 7.85. The van der Waals surface area contributed by atoms with E-state index in [1.54, 1.807) is 0 Å². The molecule has 0 atom stereocenters. The summed E-state index contributed by atoms with van der Waals surface area (Å²) in [7, 11) is -1.38. The van der Waals surface area contributed by atoms with Gasteiger partial charge in [0.2, 0.25) is 8.32 Å². The molecule has 12 heavy (non-hydrogen) atoms. The summed E-state index contributed by atoms with van der Waals surface area (Å²) in [6.45, 7) is 11.0. The van der Waals surface area contributed by atoms with E-state index in [1.807, 2.05) is 0 Å². The average molecular weight is 182 g/mol. The summed E-state index contributed by atoms with van der Waals surface area (Å²) < 4.78 is 5.95. The Hall–Kier alpha value is -0.503. The summed E-state index contributed by atoms with van der Waals surface area (Å²) in [5.74, 6) is 1.20. The Morgan fingerprint density at radius 2 is 1.83 bits per heavy atom. The van der Waals surface area contributed by atoms with Gasteiger partial charge in [0.05, 0.1) is 5.76 Å². The molecule has 1 rings (SSSR count). The van der Waals surface area contributed by atoms with Crippen molar-refractivity contribution in [3.8, 4) is 0 Å². The van der Waals surface area contributed by atoms with E-state index < -0.39 is 8.32 Å². The van der Waals surface area contributed by atoms with Crippen molar-refractivity contribution >= 4 is 8.32 Å². The molecule has 0 aromatic heterocycles. The molecule has 0 radical (unpaired) electrons. The fourth-order valence-corrected chi connectivity index (χ4v) is 2.35. The third-order valence-electron chi connectivity index (χ3n) is 1.77. The van der Waals surface area contributed by atoms with Gasteiger partial charge in [-0.1, -0.05) is 11.6 Å². The lowest BCUT2D eigenvalue weighted by molar-refractivity contribution is 0.408. The Morgan fingerprint density at radius 1 is 1.25 bits per heavy atom. The van der Waals surface area contributed by atoms with Gasteiger partial charge in [-0.15, -0.1) is 0 Å². The van der Waals surface area contributed by atoms with Gasteiger partial charge in [0, 0.05) is 6.42 Å². The van der Waals surface area contributed by atoms with Crippen LogP contribution in [0.4, 0.5) is 0 Å². The van der Waals surface area contributed by atoms with Crippen LogP contribution in [0.15, 0.2) is 23.0 Å². The maximum Gasteiger partial charge on any atom is 0.241 e. The fourth-order valence-electron chi connectivity index (χ4n) is 1.38. The molecule has 0 aromatic rings. The van der Waals surface area contributed by atoms with Crippen molar-refractivity contribution in [3.63, 3.8) is 0 Å². The normalized spacial score (nSPS) is 18.2. The second kappa shape index (κ2) is 3.09. The fraction of sp³-hybridized carbons (Fsp3) is 0.600. The lowest BCUT2D eigenvalue weighted by Gasteiger charge is -2.21. The van der Waals surface area contributed by atoms with Crippen LogP contribution >= 0.6 is 0 Å². The third-order valence-corrected chi connectivity index (χ3v) is 2.63. The van der Waals surface area contributed by atoms with Gasteiger partial charge in [0.15, 0.2) is 0 Å². The van der Waals surface area contributed by atoms with Crippen LogP contribution in [0.25, 0.3) is 0 Å². The number of rotatable bonds is 2. The zero-order chi connectivity index (χ0) is 9.35. The van der Waals surface area contributed by atoms with Gasteiger partial charge in [-0.05, 0) is 39.1 Å². The van der Waals surface area contributed by atoms with Crippen molar-refractivity contribution in [1.82, 2.24) is 0 Å². The van der Waals surface area contributed by atoms with Crippen LogP contribution in [0, 0.1) is 0 Å². The standard InChI is InChI=1S/C10H18OSi/c1-8-6-9(2)10(7-8)11-12(3,4)5/h6H,7H2,1-5H3. The van der Waals surface area contributed by atoms with Crippen LogP contribution in [-0.4, -0.2) is 8.32 Å². The van der Waals surface area contributed by atoms with E-state index in [1.165, 1.54) is 16.9 Å². The molecular weight excluding hydrogens is 164 g/mol. The largest absolute Gasteiger partial charge is 0.547 e. The summed E-state index contributed by atoms with van der Waals surface area (Å²) in [4.78, 5) is 0. The molecule has 0 aromatic carbocycles. The van der Waals surface area contributed by atoms with Crippen molar-refractivity contribution in [2.75, 3.05) is 0 Å². The second-order valence-corrected chi connectivity index (χ2v) is 8.92. The van der Waals surface area contributed by atoms with Gasteiger partial charge < -0.3 is 4.43 Å². The van der Waals surface area contributed by atoms with E-state index in [-0.39, 0.29) is 0 Å². The minimum atomic E-state index is -1.38. The lowest BCUT2D eigenvalue weighted by atomic mass is 10.3. The van der Waals surface area contributed by atoms with E-state index in [4.69, 9.17) is 4.43 Å². The van der Waals surface area contributed by atoms with E-state index in [9.17, 15) is 0 Å². The quantitative estimate of drug-likeness (QED) is 0.594. The highest BCUT2D eigenvalue weighted by Crippen LogP contribution is 2.27. The predicted molar refractivity (Wildman–Crippen MR) is 55.5 cm³/mol. The van der Waals surface area contributed by atoms with Crippen LogP contribution in [0.2, 0.25) is 19.6 Å². The van der Waals surface area contributed by atoms with E-state index >= 15 is 0 Å². The number of hydrogen-bond donors (Lipinski definition) is 0. The first-order chi connectivity index (χ1) is 5.38. The first kappa shape index (κ1) is 9.58. The summed E-state index contributed by atoms with van der Waals surface area (Å²) in [5.41, 5.74) is 2.73. The molecule has 2 heteroatoms. The SMILES string of the molecule is CC1=CC(C)=C(O[Si](C)(C)C)C1. The highest BCUT2D eigenvalue weighted by molar-refractivity contribution is 6.70. The van der Waals surface area contributed by atoms with E-state index in [2.05, 4.69) is 39.6 Å². The van der Waals surface area contributed by atoms with Crippen molar-refractivity contribution < 1.29 is 4.43 Å². The molecule has 68 valence electrons. The van der Waals surface area contributed by atoms with Crippen molar-refractivity contribution in [2.24, 2.45) is 0 Å². The predicted octanol–water partition coefficient (Wildman–Crippen LogP) is 3.46. The molecule has 0 spiro atoms. The molecule has 0 N–H and O–H groups in total. The van der Waals surface area contributed by atoms with Gasteiger partial charge in [-0.2, -0.15) is 0 Å². The Labute approximate surface area is 76.3 Å². The molecule has 1 nitrogen and oxygen atoms in total. The monoisotopic (exact) mass is 182 g/mol. The molecule has 1 aliphatic carbocycles. The van der Waals surface area contributed by atoms with Crippen LogP contribution in [0.3, 0.4) is 0 Å². The molecule has 0 unspecified atom stereocenters. The lowest BCUT2D eigenvalue weighted by Crippen LogP contribution is -2.24. The van der Waals surface area contributed by atoms with Crippen LogP contribution in [0.1, 0.15) is 20.3 Å². The summed E-state index contributed by atoms with van der Waals surface area (Å²) in [6, 6.07) is 0. The van der Waals surface area contributed by atoms with E-state index in [0.717, 1.165) is 6.42 Å². The summed E-state index contributed by atoms with van der Waals surface area (Å²) in [5, 5.41) is 0. The minimum Gasteiger partial charge on any atom is -0.547 e. The number of hydrogen-bond acceptors (Lipinski definition) is 1. The Bertz CT molecular complexity index is 243. The van der Waals surface area contributed by atoms with E-state index in [0.29, 0.717) is 0 Å². The minimum absolute atomic E-state index is 1.02. The van der Waals surface area contributed by atoms with Crippen LogP contribution < -0.4 is 0 Å². The highest BCUT2D eigenvalue weighted by atomic mass is 28.4. The summed E-state index contributed by atoms with van der Waals surface area (Å²) in [6.07, 6.45) is 3.24. The van der Waals surface area contributed by atoms with Crippen LogP contribution in [0.5, 0.6) is 0 Å². The molecule has 0 bridgehead atoms. The maximum atomic E-state index is 5.95. The van der Waals surface area contributed by atoms with Gasteiger partial charge in [-0.3, -0.25) is 0 Å². The zero-order valence-electron chi connectivity index (χ0n) is 8.69. The molecule has 1 aliphatic rings. The smallest absolute Gasteiger partial charge is 0.241 e. The molecule has 0 aliphatic heterocycles. The van der Waals surface area contributed by atoms with Gasteiger partial charge in [0.1, 0.15) is 0 Å². The summed E-state index contributed by atoms with van der Waals surface area (Å²) >= 11 is 0. The third kappa shape index (κ3) is 2.52. The van der Waals surface area contributed by atoms with Gasteiger partial charge in [-0.25, -0.2) is 0 Å². The molecule has 0 heterocycles. The Morgan fingerprint density at radius 3 is 2.17 bits per heavy atom. The second-order valence-electron chi connectivity index (χ2n) is 4.49. The highest BCUT2D eigenvalue weighted by Gasteiger charge is 2.20. The molecule has 0 saturated heterocycles. The van der Waals surface area contributed by atoms with Gasteiger partial charge >= 0.3 is 0 Å². The average Bonchev–Trinajstić information content (AvgIpc) is 2.06. The first-order valence-electron chi connectivity index (χ1n) is 4.44. The molecular formula is C10H18OSi. The Kier molecular flexibility index (Phi) is 2.47. The molecule has 0 amide bonds. The van der Waals surface area contributed by atoms with Crippen molar-refractivity contribution in [1.29, 1.82) is 0 Å². The van der Waals surface area contributed by atoms with Crippen molar-refractivity contribution in [3.05, 3.63) is 23.0 Å². The zero-order valence-corrected chi connectivity index (χ0v) is 9.69. The Balaban J connectivity index is 2.64. The van der Waals surface area contributed by atoms with Crippen molar-refractivity contribution in [2.45, 2.75) is 39.9 Å². The topological polar surface area (TPSA) is 9.23 Å². The molecule has 0 saturated carbocycles.